The number of aryl methyl sites for hydroxylation is 1. The predicted octanol–water partition coefficient (Wildman–Crippen LogP) is 21.7. The molecular weight excluding hydrogens is 1060 g/mol. The van der Waals surface area contributed by atoms with E-state index in [0.717, 1.165) is 130 Å². The van der Waals surface area contributed by atoms with Crippen molar-refractivity contribution in [3.8, 4) is 28.8 Å². The summed E-state index contributed by atoms with van der Waals surface area (Å²) in [5.74, 6) is 0. The second-order valence-corrected chi connectivity index (χ2v) is 26.1. The van der Waals surface area contributed by atoms with E-state index in [-0.39, 0.29) is 10.8 Å². The number of hydrogen-bond donors (Lipinski definition) is 0. The quantitative estimate of drug-likeness (QED) is 0.165. The molecule has 0 radical (unpaired) electrons. The Morgan fingerprint density at radius 1 is 0.447 bits per heavy atom. The van der Waals surface area contributed by atoms with Crippen LogP contribution in [0.1, 0.15) is 63.8 Å². The van der Waals surface area contributed by atoms with E-state index in [1.54, 1.807) is 11.3 Å². The zero-order valence-electron chi connectivity index (χ0n) is 48.1. The largest absolute Gasteiger partial charge is 0.454 e. The van der Waals surface area contributed by atoms with E-state index in [4.69, 9.17) is 9.26 Å². The summed E-state index contributed by atoms with van der Waals surface area (Å²) in [4.78, 5) is 4.95. The number of nitriles is 1. The van der Waals surface area contributed by atoms with Crippen molar-refractivity contribution in [3.05, 3.63) is 234 Å². The van der Waals surface area contributed by atoms with Crippen LogP contribution in [0.3, 0.4) is 0 Å². The maximum Gasteiger partial charge on any atom is 0.237 e. The number of fused-ring (bicyclic) bond motifs is 20. The first-order valence-electron chi connectivity index (χ1n) is 29.1. The van der Waals surface area contributed by atoms with Crippen LogP contribution in [0.5, 0.6) is 0 Å². The van der Waals surface area contributed by atoms with Gasteiger partial charge in [0, 0.05) is 69.3 Å². The van der Waals surface area contributed by atoms with Gasteiger partial charge in [0.25, 0.3) is 0 Å². The topological polar surface area (TPSA) is 61.0 Å². The molecule has 0 aliphatic rings. The van der Waals surface area contributed by atoms with Gasteiger partial charge in [-0.2, -0.15) is 5.26 Å². The van der Waals surface area contributed by atoms with E-state index in [2.05, 4.69) is 267 Å². The average molecular weight is 1110 g/mol. The van der Waals surface area contributed by atoms with E-state index in [0.29, 0.717) is 33.9 Å². The smallest absolute Gasteiger partial charge is 0.237 e. The van der Waals surface area contributed by atoms with Crippen LogP contribution in [0.2, 0.25) is 0 Å². The molecule has 0 aliphatic heterocycles. The van der Waals surface area contributed by atoms with E-state index in [1.807, 2.05) is 6.07 Å². The summed E-state index contributed by atoms with van der Waals surface area (Å²) in [6, 6.07) is 74.8. The van der Waals surface area contributed by atoms with Crippen molar-refractivity contribution in [1.29, 1.82) is 5.26 Å². The summed E-state index contributed by atoms with van der Waals surface area (Å²) in [5, 5.41) is 25.8. The van der Waals surface area contributed by atoms with Gasteiger partial charge >= 0.3 is 0 Å². The third-order valence-electron chi connectivity index (χ3n) is 18.1. The molecule has 17 aromatic rings. The van der Waals surface area contributed by atoms with Crippen molar-refractivity contribution in [2.75, 3.05) is 0 Å². The van der Waals surface area contributed by atoms with E-state index in [9.17, 15) is 11.8 Å². The first-order chi connectivity index (χ1) is 41.3. The number of benzene rings is 11. The lowest BCUT2D eigenvalue weighted by Crippen LogP contribution is -2.15. The lowest BCUT2D eigenvalue weighted by Gasteiger charge is -2.27. The molecule has 8 heteroatoms. The molecule has 0 amide bonds. The maximum atomic E-state index is 13.0. The van der Waals surface area contributed by atoms with Crippen molar-refractivity contribution >= 4 is 146 Å². The Hall–Kier alpha value is -10.4. The number of thiophene rings is 1. The lowest BCUT2D eigenvalue weighted by molar-refractivity contribution is 0.591. The number of aromatic nitrogens is 4. The highest BCUT2D eigenvalue weighted by Crippen LogP contribution is 2.55. The molecule has 404 valence electrons. The van der Waals surface area contributed by atoms with E-state index < -0.39 is 0 Å². The molecule has 85 heavy (non-hydrogen) atoms. The van der Waals surface area contributed by atoms with Gasteiger partial charge in [-0.15, -0.1) is 11.3 Å². The number of rotatable bonds is 4. The van der Waals surface area contributed by atoms with E-state index >= 15 is 0 Å². The molecule has 0 N–H and O–H groups in total. The first kappa shape index (κ1) is 49.2. The fourth-order valence-corrected chi connectivity index (χ4v) is 15.6. The van der Waals surface area contributed by atoms with Crippen molar-refractivity contribution in [2.45, 2.75) is 59.3 Å². The standard InChI is InChI=1S/C77H54N6OS/c1-43-33-37-62-53(39-43)50-35-36-51-49-25-14-20-32-65(49)85-75(51)71(50)83(62)73-69(80-58-27-15-9-21-45(58)46-22-10-16-28-59(46)80)56(42-78)68(67(79-8)72(73)81-60-29-17-11-23-47(60)48-24-12-18-30-61(48)81)82-63-38-34-44(76(2,3)4)40-54(63)55-41-57(77(5,6)7)66-52-26-13-19-31-64(52)84-74(66)70(55)82/h9-41H,1-7H3. The molecule has 0 aliphatic carbocycles. The Balaban J connectivity index is 1.22. The average Bonchev–Trinajstić information content (AvgIpc) is 1.61. The summed E-state index contributed by atoms with van der Waals surface area (Å²) >= 11 is 1.79. The lowest BCUT2D eigenvalue weighted by atomic mass is 9.82. The molecule has 0 bridgehead atoms. The van der Waals surface area contributed by atoms with Gasteiger partial charge in [-0.1, -0.05) is 181 Å². The minimum atomic E-state index is -0.301. The molecule has 0 saturated carbocycles. The zero-order valence-corrected chi connectivity index (χ0v) is 48.9. The molecule has 11 aromatic carbocycles. The van der Waals surface area contributed by atoms with Crippen LogP contribution in [0, 0.1) is 24.8 Å². The molecule has 0 saturated heterocycles. The molecule has 6 heterocycles. The zero-order chi connectivity index (χ0) is 57.5. The summed E-state index contributed by atoms with van der Waals surface area (Å²) in [6.45, 7) is 25.9. The third kappa shape index (κ3) is 6.63. The Bertz CT molecular complexity index is 5660. The molecular formula is C77H54N6OS. The van der Waals surface area contributed by atoms with Crippen molar-refractivity contribution in [3.63, 3.8) is 0 Å². The predicted molar refractivity (Wildman–Crippen MR) is 357 cm³/mol. The van der Waals surface area contributed by atoms with Gasteiger partial charge in [-0.3, -0.25) is 0 Å². The summed E-state index contributed by atoms with van der Waals surface area (Å²) in [6.07, 6.45) is 0. The van der Waals surface area contributed by atoms with Crippen LogP contribution in [0.25, 0.3) is 157 Å². The minimum absolute atomic E-state index is 0.200. The normalized spacial score (nSPS) is 12.6. The number of furan rings is 1. The Kier molecular flexibility index (Phi) is 10.0. The molecule has 0 atom stereocenters. The van der Waals surface area contributed by atoms with Crippen LogP contribution in [0.4, 0.5) is 5.69 Å². The van der Waals surface area contributed by atoms with Gasteiger partial charge in [0.05, 0.1) is 83.7 Å². The van der Waals surface area contributed by atoms with Crippen LogP contribution in [-0.4, -0.2) is 18.3 Å². The molecule has 6 aromatic heterocycles. The fourth-order valence-electron chi connectivity index (χ4n) is 14.4. The number of hydrogen-bond acceptors (Lipinski definition) is 3. The number of nitrogens with zero attached hydrogens (tertiary/aromatic N) is 6. The molecule has 17 rings (SSSR count). The van der Waals surface area contributed by atoms with Crippen LogP contribution in [-0.2, 0) is 10.8 Å². The monoisotopic (exact) mass is 1110 g/mol. The second-order valence-electron chi connectivity index (χ2n) is 25.1. The highest BCUT2D eigenvalue weighted by molar-refractivity contribution is 7.26. The van der Waals surface area contributed by atoms with Gasteiger partial charge in [-0.25, -0.2) is 4.85 Å². The van der Waals surface area contributed by atoms with Crippen molar-refractivity contribution in [1.82, 2.24) is 18.3 Å². The molecule has 0 spiro atoms. The summed E-state index contributed by atoms with van der Waals surface area (Å²) < 4.78 is 19.0. The van der Waals surface area contributed by atoms with Crippen molar-refractivity contribution < 1.29 is 4.42 Å². The van der Waals surface area contributed by atoms with Gasteiger partial charge < -0.3 is 22.7 Å². The second kappa shape index (κ2) is 17.3. The Morgan fingerprint density at radius 3 is 1.56 bits per heavy atom. The Morgan fingerprint density at radius 2 is 0.965 bits per heavy atom. The van der Waals surface area contributed by atoms with Crippen LogP contribution < -0.4 is 0 Å². The highest BCUT2D eigenvalue weighted by atomic mass is 32.1. The van der Waals surface area contributed by atoms with Gasteiger partial charge in [0.15, 0.2) is 5.58 Å². The van der Waals surface area contributed by atoms with Crippen LogP contribution in [0.15, 0.2) is 205 Å². The van der Waals surface area contributed by atoms with E-state index in [1.165, 1.54) is 15.6 Å². The molecule has 7 nitrogen and oxygen atoms in total. The summed E-state index contributed by atoms with van der Waals surface area (Å²) in [7, 11) is 0. The number of para-hydroxylation sites is 5. The van der Waals surface area contributed by atoms with Gasteiger partial charge in [0.2, 0.25) is 5.69 Å². The van der Waals surface area contributed by atoms with Gasteiger partial charge in [-0.05, 0) is 95.6 Å². The first-order valence-corrected chi connectivity index (χ1v) is 29.9. The molecule has 0 fully saturated rings. The highest BCUT2D eigenvalue weighted by Gasteiger charge is 2.37. The summed E-state index contributed by atoms with van der Waals surface area (Å²) in [5.41, 5.74) is 15.0. The third-order valence-corrected chi connectivity index (χ3v) is 19.3. The Labute approximate surface area is 493 Å². The minimum Gasteiger partial charge on any atom is -0.454 e. The van der Waals surface area contributed by atoms with Gasteiger partial charge in [0.1, 0.15) is 11.7 Å². The van der Waals surface area contributed by atoms with Crippen molar-refractivity contribution in [2.24, 2.45) is 0 Å². The SMILES string of the molecule is [C-]#[N+]c1c(-n2c3ccccc3c3ccccc32)c(-n2c3ccc(C)cc3c3ccc4c5ccccc5sc4c32)c(-n2c3ccccc3c3ccccc32)c(C#N)c1-n1c2ccc(C(C)(C)C)cc2c2cc(C(C)(C)C)c3c4ccccc4oc3c21. The fraction of sp³-hybridized carbons (Fsp3) is 0.117. The maximum absolute atomic E-state index is 13.0. The molecule has 0 unspecified atom stereocenters. The van der Waals surface area contributed by atoms with Crippen LogP contribution >= 0.6 is 11.3 Å².